The fourth-order valence-corrected chi connectivity index (χ4v) is 1.46. The number of halogens is 1. The Hall–Kier alpha value is -0.910. The SMILES string of the molecule is O=[N+]([O-])c1cccc(Br)c1C#CP. The lowest BCUT2D eigenvalue weighted by atomic mass is 10.2. The molecule has 66 valence electrons. The first kappa shape index (κ1) is 10.2. The summed E-state index contributed by atoms with van der Waals surface area (Å²) in [5.41, 5.74) is 2.98. The molecule has 0 aliphatic rings. The van der Waals surface area contributed by atoms with Crippen molar-refractivity contribution >= 4 is 30.9 Å². The number of rotatable bonds is 1. The number of nitrogens with zero attached hydrogens (tertiary/aromatic N) is 1. The van der Waals surface area contributed by atoms with Crippen molar-refractivity contribution in [3.63, 3.8) is 0 Å². The van der Waals surface area contributed by atoms with Gasteiger partial charge in [-0.1, -0.05) is 26.9 Å². The molecule has 0 aliphatic heterocycles. The van der Waals surface area contributed by atoms with Crippen LogP contribution in [0.3, 0.4) is 0 Å². The van der Waals surface area contributed by atoms with Crippen LogP contribution >= 0.6 is 25.2 Å². The summed E-state index contributed by atoms with van der Waals surface area (Å²) in [4.78, 5) is 10.1. The molecule has 0 radical (unpaired) electrons. The summed E-state index contributed by atoms with van der Waals surface area (Å²) >= 11 is 3.20. The maximum absolute atomic E-state index is 10.6. The lowest BCUT2D eigenvalue weighted by Gasteiger charge is -1.96. The number of benzene rings is 1. The Morgan fingerprint density at radius 1 is 1.54 bits per heavy atom. The highest BCUT2D eigenvalue weighted by atomic mass is 79.9. The van der Waals surface area contributed by atoms with Crippen LogP contribution in [0, 0.1) is 21.7 Å². The van der Waals surface area contributed by atoms with E-state index in [2.05, 4.69) is 36.8 Å². The summed E-state index contributed by atoms with van der Waals surface area (Å²) in [7, 11) is 2.20. The van der Waals surface area contributed by atoms with E-state index in [1.54, 1.807) is 12.1 Å². The third kappa shape index (κ3) is 2.27. The van der Waals surface area contributed by atoms with Gasteiger partial charge in [0, 0.05) is 10.5 Å². The van der Waals surface area contributed by atoms with Gasteiger partial charge in [0.1, 0.15) is 5.56 Å². The molecule has 1 unspecified atom stereocenters. The Morgan fingerprint density at radius 3 is 2.77 bits per heavy atom. The Kier molecular flexibility index (Phi) is 3.41. The van der Waals surface area contributed by atoms with Crippen LogP contribution in [-0.2, 0) is 0 Å². The highest BCUT2D eigenvalue weighted by molar-refractivity contribution is 9.10. The molecule has 1 rings (SSSR count). The van der Waals surface area contributed by atoms with Crippen LogP contribution < -0.4 is 0 Å². The van der Waals surface area contributed by atoms with E-state index in [-0.39, 0.29) is 5.69 Å². The van der Waals surface area contributed by atoms with Gasteiger partial charge in [0.2, 0.25) is 0 Å². The Balaban J connectivity index is 3.39. The Labute approximate surface area is 86.0 Å². The average molecular weight is 258 g/mol. The van der Waals surface area contributed by atoms with Crippen LogP contribution in [-0.4, -0.2) is 4.92 Å². The molecule has 5 heteroatoms. The summed E-state index contributed by atoms with van der Waals surface area (Å²) in [6, 6.07) is 4.75. The van der Waals surface area contributed by atoms with Crippen LogP contribution in [0.15, 0.2) is 22.7 Å². The Morgan fingerprint density at radius 2 is 2.23 bits per heavy atom. The first-order valence-electron chi connectivity index (χ1n) is 3.31. The molecule has 0 N–H and O–H groups in total. The molecule has 0 bridgehead atoms. The first-order valence-corrected chi connectivity index (χ1v) is 4.68. The number of nitro benzene ring substituents is 1. The quantitative estimate of drug-likeness (QED) is 0.336. The molecule has 1 aromatic carbocycles. The van der Waals surface area contributed by atoms with Crippen molar-refractivity contribution in [3.8, 4) is 11.6 Å². The lowest BCUT2D eigenvalue weighted by molar-refractivity contribution is -0.385. The molecule has 0 heterocycles. The van der Waals surface area contributed by atoms with Gasteiger partial charge in [-0.2, -0.15) is 0 Å². The second-order valence-electron chi connectivity index (χ2n) is 2.16. The maximum Gasteiger partial charge on any atom is 0.286 e. The van der Waals surface area contributed by atoms with Crippen LogP contribution in [0.4, 0.5) is 5.69 Å². The average Bonchev–Trinajstić information content (AvgIpc) is 2.08. The highest BCUT2D eigenvalue weighted by Gasteiger charge is 2.13. The molecule has 0 amide bonds. The zero-order valence-corrected chi connectivity index (χ0v) is 9.19. The fraction of sp³-hybridized carbons (Fsp3) is 0. The zero-order valence-electron chi connectivity index (χ0n) is 6.45. The largest absolute Gasteiger partial charge is 0.286 e. The molecular weight excluding hydrogens is 253 g/mol. The zero-order chi connectivity index (χ0) is 9.84. The van der Waals surface area contributed by atoms with Crippen molar-refractivity contribution < 1.29 is 4.92 Å². The van der Waals surface area contributed by atoms with E-state index in [4.69, 9.17) is 0 Å². The first-order chi connectivity index (χ1) is 6.16. The minimum Gasteiger partial charge on any atom is -0.258 e. The van der Waals surface area contributed by atoms with Gasteiger partial charge < -0.3 is 0 Å². The lowest BCUT2D eigenvalue weighted by Crippen LogP contribution is -1.92. The van der Waals surface area contributed by atoms with Crippen LogP contribution in [0.5, 0.6) is 0 Å². The smallest absolute Gasteiger partial charge is 0.258 e. The van der Waals surface area contributed by atoms with Gasteiger partial charge in [-0.15, -0.1) is 0 Å². The van der Waals surface area contributed by atoms with Crippen LogP contribution in [0.25, 0.3) is 0 Å². The molecule has 0 spiro atoms. The summed E-state index contributed by atoms with van der Waals surface area (Å²) < 4.78 is 0.636. The Bertz CT molecular complexity index is 408. The monoisotopic (exact) mass is 257 g/mol. The van der Waals surface area contributed by atoms with Gasteiger partial charge >= 0.3 is 0 Å². The summed E-state index contributed by atoms with van der Waals surface area (Å²) in [6.07, 6.45) is 0. The number of hydrogen-bond acceptors (Lipinski definition) is 2. The highest BCUT2D eigenvalue weighted by Crippen LogP contribution is 2.25. The minimum atomic E-state index is -0.449. The molecule has 3 nitrogen and oxygen atoms in total. The van der Waals surface area contributed by atoms with E-state index in [1.807, 2.05) is 0 Å². The van der Waals surface area contributed by atoms with Gasteiger partial charge in [0.15, 0.2) is 0 Å². The summed E-state index contributed by atoms with van der Waals surface area (Å²) in [5, 5.41) is 10.6. The fourth-order valence-electron chi connectivity index (χ4n) is 0.861. The molecule has 0 aliphatic carbocycles. The standard InChI is InChI=1S/C8H5BrNO2P/c9-7-2-1-3-8(10(11)12)6(7)4-5-13/h1-3H,13H2. The van der Waals surface area contributed by atoms with E-state index < -0.39 is 4.92 Å². The number of nitro groups is 1. The van der Waals surface area contributed by atoms with E-state index in [1.165, 1.54) is 6.07 Å². The van der Waals surface area contributed by atoms with Crippen molar-refractivity contribution in [2.24, 2.45) is 0 Å². The second kappa shape index (κ2) is 4.36. The second-order valence-corrected chi connectivity index (χ2v) is 3.30. The normalized spacial score (nSPS) is 8.77. The summed E-state index contributed by atoms with van der Waals surface area (Å²) in [5.74, 6) is 2.65. The van der Waals surface area contributed by atoms with Gasteiger partial charge in [0.05, 0.1) is 4.92 Å². The predicted molar refractivity (Wildman–Crippen MR) is 57.4 cm³/mol. The topological polar surface area (TPSA) is 43.1 Å². The molecule has 1 aromatic rings. The molecule has 0 saturated carbocycles. The van der Waals surface area contributed by atoms with Gasteiger partial charge in [0.25, 0.3) is 5.69 Å². The molecule has 0 fully saturated rings. The third-order valence-corrected chi connectivity index (χ3v) is 2.19. The summed E-state index contributed by atoms with van der Waals surface area (Å²) in [6.45, 7) is 0. The van der Waals surface area contributed by atoms with E-state index in [0.29, 0.717) is 10.0 Å². The molecule has 0 aromatic heterocycles. The van der Waals surface area contributed by atoms with Gasteiger partial charge in [-0.3, -0.25) is 10.1 Å². The maximum atomic E-state index is 10.6. The van der Waals surface area contributed by atoms with E-state index in [0.717, 1.165) is 0 Å². The minimum absolute atomic E-state index is 0.0179. The van der Waals surface area contributed by atoms with Crippen molar-refractivity contribution in [2.45, 2.75) is 0 Å². The van der Waals surface area contributed by atoms with Crippen molar-refractivity contribution in [1.29, 1.82) is 0 Å². The number of hydrogen-bond donors (Lipinski definition) is 0. The van der Waals surface area contributed by atoms with Gasteiger partial charge in [-0.05, 0) is 22.0 Å². The third-order valence-electron chi connectivity index (χ3n) is 1.39. The molecule has 1 atom stereocenters. The van der Waals surface area contributed by atoms with E-state index >= 15 is 0 Å². The molecule has 0 saturated heterocycles. The van der Waals surface area contributed by atoms with Crippen molar-refractivity contribution in [2.75, 3.05) is 0 Å². The van der Waals surface area contributed by atoms with E-state index in [9.17, 15) is 10.1 Å². The van der Waals surface area contributed by atoms with Crippen LogP contribution in [0.1, 0.15) is 5.56 Å². The van der Waals surface area contributed by atoms with Gasteiger partial charge in [-0.25, -0.2) is 0 Å². The molecule has 13 heavy (non-hydrogen) atoms. The van der Waals surface area contributed by atoms with Crippen molar-refractivity contribution in [3.05, 3.63) is 38.3 Å². The van der Waals surface area contributed by atoms with Crippen LogP contribution in [0.2, 0.25) is 0 Å². The predicted octanol–water partition coefficient (Wildman–Crippen LogP) is 2.54. The molecular formula is C8H5BrNO2P. The van der Waals surface area contributed by atoms with Crippen molar-refractivity contribution in [1.82, 2.24) is 0 Å².